The molecule has 0 spiro atoms. The maximum absolute atomic E-state index is 10.5. The number of nitrogens with zero attached hydrogens (tertiary/aromatic N) is 2. The third-order valence-corrected chi connectivity index (χ3v) is 1.97. The minimum absolute atomic E-state index is 0.0472. The van der Waals surface area contributed by atoms with Crippen LogP contribution in [0.4, 0.5) is 0 Å². The van der Waals surface area contributed by atoms with Gasteiger partial charge in [0.1, 0.15) is 12.4 Å². The molecule has 3 nitrogen and oxygen atoms in total. The molecule has 0 fully saturated rings. The number of hydrogen-bond acceptors (Lipinski definition) is 1. The molecule has 0 saturated heterocycles. The highest BCUT2D eigenvalue weighted by atomic mass is 16.3. The highest BCUT2D eigenvalue weighted by Gasteiger charge is 2.16. The first-order chi connectivity index (χ1) is 5.66. The zero-order valence-electron chi connectivity index (χ0n) is 7.95. The van der Waals surface area contributed by atoms with Gasteiger partial charge in [-0.25, -0.2) is 9.13 Å². The second-order valence-corrected chi connectivity index (χ2v) is 3.32. The summed E-state index contributed by atoms with van der Waals surface area (Å²) in [5, 5.41) is 10.5. The number of rotatable bonds is 3. The monoisotopic (exact) mass is 168 g/mol. The minimum Gasteiger partial charge on any atom is -0.852 e. The molecule has 0 unspecified atom stereocenters. The van der Waals surface area contributed by atoms with Crippen LogP contribution in [0.3, 0.4) is 0 Å². The van der Waals surface area contributed by atoms with Crippen molar-refractivity contribution in [1.29, 1.82) is 0 Å². The average Bonchev–Trinajstić information content (AvgIpc) is 2.32. The van der Waals surface area contributed by atoms with Crippen LogP contribution < -0.4 is 9.67 Å². The molecule has 0 N–H and O–H groups in total. The number of imidazole rings is 1. The van der Waals surface area contributed by atoms with Crippen molar-refractivity contribution in [3.8, 4) is 0 Å². The molecular formula is C9H16N2O. The Labute approximate surface area is 73.3 Å². The molecule has 0 radical (unpaired) electrons. The van der Waals surface area contributed by atoms with E-state index in [-0.39, 0.29) is 6.61 Å². The van der Waals surface area contributed by atoms with Crippen molar-refractivity contribution in [2.45, 2.75) is 26.3 Å². The molecule has 1 heterocycles. The van der Waals surface area contributed by atoms with E-state index in [1.807, 2.05) is 24.0 Å². The minimum atomic E-state index is -0.0472. The van der Waals surface area contributed by atoms with E-state index < -0.39 is 0 Å². The van der Waals surface area contributed by atoms with Gasteiger partial charge in [0.2, 0.25) is 0 Å². The van der Waals surface area contributed by atoms with Crippen LogP contribution in [-0.2, 0) is 13.6 Å². The normalized spacial score (nSPS) is 11.1. The van der Waals surface area contributed by atoms with Crippen molar-refractivity contribution in [1.82, 2.24) is 4.57 Å². The SMILES string of the molecule is CC(C)c1n(CC[O-])cc[n+]1C. The van der Waals surface area contributed by atoms with E-state index in [0.29, 0.717) is 12.5 Å². The summed E-state index contributed by atoms with van der Waals surface area (Å²) in [6, 6.07) is 0. The topological polar surface area (TPSA) is 31.9 Å². The summed E-state index contributed by atoms with van der Waals surface area (Å²) in [7, 11) is 2.01. The molecule has 12 heavy (non-hydrogen) atoms. The van der Waals surface area contributed by atoms with Crippen LogP contribution in [0.1, 0.15) is 25.6 Å². The van der Waals surface area contributed by atoms with Crippen LogP contribution in [0.15, 0.2) is 12.4 Å². The van der Waals surface area contributed by atoms with Gasteiger partial charge in [-0.3, -0.25) is 0 Å². The van der Waals surface area contributed by atoms with Crippen molar-refractivity contribution >= 4 is 0 Å². The molecule has 1 aromatic heterocycles. The molecule has 0 aliphatic rings. The van der Waals surface area contributed by atoms with Gasteiger partial charge in [-0.05, 0) is 0 Å². The Balaban J connectivity index is 2.95. The zero-order valence-corrected chi connectivity index (χ0v) is 7.95. The van der Waals surface area contributed by atoms with E-state index in [1.54, 1.807) is 0 Å². The van der Waals surface area contributed by atoms with Crippen LogP contribution in [0.2, 0.25) is 0 Å². The quantitative estimate of drug-likeness (QED) is 0.575. The Bertz CT molecular complexity index is 253. The fourth-order valence-corrected chi connectivity index (χ4v) is 1.56. The Morgan fingerprint density at radius 3 is 2.75 bits per heavy atom. The molecule has 1 rings (SSSR count). The average molecular weight is 168 g/mol. The second kappa shape index (κ2) is 3.72. The summed E-state index contributed by atoms with van der Waals surface area (Å²) in [6.07, 6.45) is 3.96. The lowest BCUT2D eigenvalue weighted by atomic mass is 10.2. The van der Waals surface area contributed by atoms with Crippen molar-refractivity contribution in [3.63, 3.8) is 0 Å². The second-order valence-electron chi connectivity index (χ2n) is 3.32. The first-order valence-electron chi connectivity index (χ1n) is 4.29. The molecule has 0 saturated carbocycles. The summed E-state index contributed by atoms with van der Waals surface area (Å²) in [5.74, 6) is 1.68. The van der Waals surface area contributed by atoms with Crippen molar-refractivity contribution in [2.75, 3.05) is 6.61 Å². The number of hydrogen-bond donors (Lipinski definition) is 0. The van der Waals surface area contributed by atoms with E-state index in [4.69, 9.17) is 0 Å². The van der Waals surface area contributed by atoms with Crippen molar-refractivity contribution in [2.24, 2.45) is 7.05 Å². The summed E-state index contributed by atoms with van der Waals surface area (Å²) in [6.45, 7) is 4.80. The van der Waals surface area contributed by atoms with Gasteiger partial charge in [-0.15, -0.1) is 6.61 Å². The predicted molar refractivity (Wildman–Crippen MR) is 44.6 cm³/mol. The molecule has 0 aromatic carbocycles. The Hall–Kier alpha value is -0.830. The van der Waals surface area contributed by atoms with E-state index in [0.717, 1.165) is 0 Å². The third-order valence-electron chi connectivity index (χ3n) is 1.97. The lowest BCUT2D eigenvalue weighted by Crippen LogP contribution is -2.33. The zero-order chi connectivity index (χ0) is 9.14. The Morgan fingerprint density at radius 1 is 1.58 bits per heavy atom. The molecule has 1 aromatic rings. The van der Waals surface area contributed by atoms with Crippen LogP contribution in [0.25, 0.3) is 0 Å². The van der Waals surface area contributed by atoms with E-state index in [9.17, 15) is 5.11 Å². The van der Waals surface area contributed by atoms with E-state index in [1.165, 1.54) is 5.82 Å². The maximum Gasteiger partial charge on any atom is 0.258 e. The molecule has 0 atom stereocenters. The fourth-order valence-electron chi connectivity index (χ4n) is 1.56. The van der Waals surface area contributed by atoms with Crippen molar-refractivity contribution < 1.29 is 9.67 Å². The van der Waals surface area contributed by atoms with Gasteiger partial charge in [0, 0.05) is 0 Å². The first kappa shape index (κ1) is 9.26. The standard InChI is InChI=1S/C9H16N2O/c1-8(2)9-10(3)4-5-11(9)6-7-12/h4-5,8H,6-7H2,1-3H3. The Morgan fingerprint density at radius 2 is 2.25 bits per heavy atom. The van der Waals surface area contributed by atoms with Gasteiger partial charge in [0.05, 0.1) is 19.5 Å². The first-order valence-corrected chi connectivity index (χ1v) is 4.29. The fraction of sp³-hybridized carbons (Fsp3) is 0.667. The summed E-state index contributed by atoms with van der Waals surface area (Å²) in [5.41, 5.74) is 0. The lowest BCUT2D eigenvalue weighted by molar-refractivity contribution is -0.680. The molecule has 3 heteroatoms. The van der Waals surface area contributed by atoms with Gasteiger partial charge in [-0.2, -0.15) is 0 Å². The number of aromatic nitrogens is 2. The van der Waals surface area contributed by atoms with Gasteiger partial charge in [0.15, 0.2) is 0 Å². The highest BCUT2D eigenvalue weighted by molar-refractivity contribution is 4.89. The molecule has 0 bridgehead atoms. The molecule has 68 valence electrons. The predicted octanol–water partition coefficient (Wildman–Crippen LogP) is -0.204. The lowest BCUT2D eigenvalue weighted by Gasteiger charge is -2.06. The smallest absolute Gasteiger partial charge is 0.258 e. The van der Waals surface area contributed by atoms with E-state index >= 15 is 0 Å². The maximum atomic E-state index is 10.5. The largest absolute Gasteiger partial charge is 0.852 e. The van der Waals surface area contributed by atoms with Crippen molar-refractivity contribution in [3.05, 3.63) is 18.2 Å². The van der Waals surface area contributed by atoms with Crippen LogP contribution in [0.5, 0.6) is 0 Å². The molecule has 0 amide bonds. The molecule has 0 aliphatic heterocycles. The summed E-state index contributed by atoms with van der Waals surface area (Å²) < 4.78 is 4.10. The summed E-state index contributed by atoms with van der Waals surface area (Å²) >= 11 is 0. The van der Waals surface area contributed by atoms with Gasteiger partial charge < -0.3 is 5.11 Å². The Kier molecular flexibility index (Phi) is 2.87. The van der Waals surface area contributed by atoms with Gasteiger partial charge in [-0.1, -0.05) is 13.8 Å². The van der Waals surface area contributed by atoms with Crippen LogP contribution in [-0.4, -0.2) is 11.2 Å². The van der Waals surface area contributed by atoms with E-state index in [2.05, 4.69) is 18.4 Å². The van der Waals surface area contributed by atoms with Gasteiger partial charge >= 0.3 is 0 Å². The third kappa shape index (κ3) is 1.67. The highest BCUT2D eigenvalue weighted by Crippen LogP contribution is 2.08. The number of aryl methyl sites for hydroxylation is 1. The van der Waals surface area contributed by atoms with Gasteiger partial charge in [0.25, 0.3) is 5.82 Å². The molecule has 0 aliphatic carbocycles. The van der Waals surface area contributed by atoms with Crippen LogP contribution in [0, 0.1) is 0 Å². The molecular weight excluding hydrogens is 152 g/mol. The summed E-state index contributed by atoms with van der Waals surface area (Å²) in [4.78, 5) is 0. The van der Waals surface area contributed by atoms with Crippen LogP contribution >= 0.6 is 0 Å².